The van der Waals surface area contributed by atoms with Gasteiger partial charge in [0.15, 0.2) is 5.84 Å². The highest BCUT2D eigenvalue weighted by atomic mass is 19.4. The molecule has 0 spiro atoms. The summed E-state index contributed by atoms with van der Waals surface area (Å²) in [5.74, 6) is -1.61. The third-order valence-corrected chi connectivity index (χ3v) is 3.58. The molecule has 0 atom stereocenters. The molecule has 0 fully saturated rings. The number of benzene rings is 2. The molecule has 4 N–H and O–H groups in total. The third-order valence-electron chi connectivity index (χ3n) is 3.58. The standard InChI is InChI=1S/C16H12F7N3O/c17-10-3-1-9(12(6-10)16(21,22)23)7-25-13-5-8(14(24)26-27)2-4-11(13)15(18,19)20/h1-6,25,27H,7H2,(H2,24,26). The summed E-state index contributed by atoms with van der Waals surface area (Å²) in [5, 5.41) is 13.5. The van der Waals surface area contributed by atoms with Crippen LogP contribution in [0.5, 0.6) is 0 Å². The largest absolute Gasteiger partial charge is 0.418 e. The maximum absolute atomic E-state index is 13.1. The van der Waals surface area contributed by atoms with Crippen molar-refractivity contribution in [2.75, 3.05) is 5.32 Å². The molecule has 0 aliphatic rings. The number of halogens is 7. The molecular weight excluding hydrogens is 383 g/mol. The van der Waals surface area contributed by atoms with E-state index in [0.29, 0.717) is 6.07 Å². The van der Waals surface area contributed by atoms with Gasteiger partial charge in [-0.25, -0.2) is 4.39 Å². The molecule has 4 nitrogen and oxygen atoms in total. The normalized spacial score (nSPS) is 12.9. The van der Waals surface area contributed by atoms with Crippen LogP contribution in [0.1, 0.15) is 22.3 Å². The van der Waals surface area contributed by atoms with Gasteiger partial charge in [0, 0.05) is 17.8 Å². The Labute approximate surface area is 148 Å². The van der Waals surface area contributed by atoms with Gasteiger partial charge in [0.2, 0.25) is 0 Å². The molecule has 0 radical (unpaired) electrons. The SMILES string of the molecule is NC(=NO)c1ccc(C(F)(F)F)c(NCc2ccc(F)cc2C(F)(F)F)c1. The lowest BCUT2D eigenvalue weighted by Crippen LogP contribution is -2.17. The number of hydrogen-bond donors (Lipinski definition) is 3. The van der Waals surface area contributed by atoms with Crippen LogP contribution in [-0.2, 0) is 18.9 Å². The second-order valence-electron chi connectivity index (χ2n) is 5.40. The highest BCUT2D eigenvalue weighted by Crippen LogP contribution is 2.37. The van der Waals surface area contributed by atoms with Crippen LogP contribution in [0.3, 0.4) is 0 Å². The summed E-state index contributed by atoms with van der Waals surface area (Å²) in [6.07, 6.45) is -9.69. The van der Waals surface area contributed by atoms with Crippen molar-refractivity contribution in [3.05, 3.63) is 64.5 Å². The highest BCUT2D eigenvalue weighted by molar-refractivity contribution is 5.98. The van der Waals surface area contributed by atoms with E-state index in [2.05, 4.69) is 10.5 Å². The Hall–Kier alpha value is -2.98. The van der Waals surface area contributed by atoms with E-state index >= 15 is 0 Å². The Balaban J connectivity index is 2.43. The molecular formula is C16H12F7N3O. The lowest BCUT2D eigenvalue weighted by Gasteiger charge is -2.18. The van der Waals surface area contributed by atoms with Gasteiger partial charge in [-0.2, -0.15) is 26.3 Å². The third kappa shape index (κ3) is 4.80. The number of nitrogens with one attached hydrogen (secondary N) is 1. The molecule has 0 bridgehead atoms. The van der Waals surface area contributed by atoms with Gasteiger partial charge in [-0.1, -0.05) is 17.3 Å². The van der Waals surface area contributed by atoms with Gasteiger partial charge in [-0.15, -0.1) is 0 Å². The average Bonchev–Trinajstić information content (AvgIpc) is 2.58. The van der Waals surface area contributed by atoms with E-state index in [9.17, 15) is 30.7 Å². The van der Waals surface area contributed by atoms with E-state index in [0.717, 1.165) is 24.3 Å². The van der Waals surface area contributed by atoms with E-state index in [1.165, 1.54) is 0 Å². The van der Waals surface area contributed by atoms with Crippen LogP contribution in [-0.4, -0.2) is 11.0 Å². The zero-order valence-corrected chi connectivity index (χ0v) is 13.3. The predicted molar refractivity (Wildman–Crippen MR) is 82.7 cm³/mol. The monoisotopic (exact) mass is 395 g/mol. The molecule has 11 heteroatoms. The van der Waals surface area contributed by atoms with Gasteiger partial charge in [0.25, 0.3) is 0 Å². The summed E-state index contributed by atoms with van der Waals surface area (Å²) in [7, 11) is 0. The van der Waals surface area contributed by atoms with Gasteiger partial charge < -0.3 is 16.3 Å². The van der Waals surface area contributed by atoms with Crippen LogP contribution in [0, 0.1) is 5.82 Å². The smallest absolute Gasteiger partial charge is 0.409 e. The van der Waals surface area contributed by atoms with Crippen molar-refractivity contribution in [1.82, 2.24) is 0 Å². The van der Waals surface area contributed by atoms with Crippen LogP contribution in [0.2, 0.25) is 0 Å². The maximum Gasteiger partial charge on any atom is 0.418 e. The molecule has 0 amide bonds. The minimum Gasteiger partial charge on any atom is -0.409 e. The van der Waals surface area contributed by atoms with Gasteiger partial charge in [-0.3, -0.25) is 0 Å². The number of anilines is 1. The van der Waals surface area contributed by atoms with Gasteiger partial charge in [0.1, 0.15) is 5.82 Å². The number of oxime groups is 1. The van der Waals surface area contributed by atoms with E-state index in [1.54, 1.807) is 0 Å². The summed E-state index contributed by atoms with van der Waals surface area (Å²) in [4.78, 5) is 0. The number of nitrogens with two attached hydrogens (primary N) is 1. The van der Waals surface area contributed by atoms with Gasteiger partial charge in [-0.05, 0) is 29.8 Å². The molecule has 0 heterocycles. The minimum absolute atomic E-state index is 0.0804. The second kappa shape index (κ2) is 7.33. The first-order valence-corrected chi connectivity index (χ1v) is 7.22. The number of nitrogens with zero attached hydrogens (tertiary/aromatic N) is 1. The number of hydrogen-bond acceptors (Lipinski definition) is 3. The van der Waals surface area contributed by atoms with Crippen LogP contribution < -0.4 is 11.1 Å². The first-order chi connectivity index (χ1) is 12.4. The average molecular weight is 395 g/mol. The molecule has 0 aliphatic carbocycles. The molecule has 2 aromatic carbocycles. The summed E-state index contributed by atoms with van der Waals surface area (Å²) >= 11 is 0. The summed E-state index contributed by atoms with van der Waals surface area (Å²) in [6, 6.07) is 4.33. The van der Waals surface area contributed by atoms with Crippen LogP contribution in [0.4, 0.5) is 36.4 Å². The lowest BCUT2D eigenvalue weighted by atomic mass is 10.0. The molecule has 2 rings (SSSR count). The fraction of sp³-hybridized carbons (Fsp3) is 0.188. The Morgan fingerprint density at radius 2 is 1.59 bits per heavy atom. The minimum atomic E-state index is -4.89. The van der Waals surface area contributed by atoms with Crippen molar-refractivity contribution in [3.8, 4) is 0 Å². The fourth-order valence-electron chi connectivity index (χ4n) is 2.31. The number of rotatable bonds is 4. The van der Waals surface area contributed by atoms with Gasteiger partial charge in [0.05, 0.1) is 11.1 Å². The quantitative estimate of drug-likeness (QED) is 0.234. The summed E-state index contributed by atoms with van der Waals surface area (Å²) < 4.78 is 91.5. The highest BCUT2D eigenvalue weighted by Gasteiger charge is 2.35. The van der Waals surface area contributed by atoms with Crippen LogP contribution in [0.25, 0.3) is 0 Å². The van der Waals surface area contributed by atoms with Crippen molar-refractivity contribution in [3.63, 3.8) is 0 Å². The zero-order chi connectivity index (χ0) is 20.4. The molecule has 0 unspecified atom stereocenters. The van der Waals surface area contributed by atoms with Crippen LogP contribution >= 0.6 is 0 Å². The molecule has 0 saturated heterocycles. The number of amidine groups is 1. The number of alkyl halides is 6. The molecule has 2 aromatic rings. The van der Waals surface area contributed by atoms with E-state index in [4.69, 9.17) is 10.9 Å². The first-order valence-electron chi connectivity index (χ1n) is 7.22. The molecule has 27 heavy (non-hydrogen) atoms. The second-order valence-corrected chi connectivity index (χ2v) is 5.40. The molecule has 146 valence electrons. The Kier molecular flexibility index (Phi) is 5.52. The summed E-state index contributed by atoms with van der Waals surface area (Å²) in [6.45, 7) is -0.669. The predicted octanol–water partition coefficient (Wildman–Crippen LogP) is 4.57. The Morgan fingerprint density at radius 3 is 2.15 bits per heavy atom. The van der Waals surface area contributed by atoms with Crippen molar-refractivity contribution >= 4 is 11.5 Å². The van der Waals surface area contributed by atoms with E-state index < -0.39 is 52.9 Å². The fourth-order valence-corrected chi connectivity index (χ4v) is 2.31. The Morgan fingerprint density at radius 1 is 0.963 bits per heavy atom. The van der Waals surface area contributed by atoms with E-state index in [1.807, 2.05) is 0 Å². The molecule has 0 aliphatic heterocycles. The van der Waals surface area contributed by atoms with Crippen molar-refractivity contribution in [2.45, 2.75) is 18.9 Å². The van der Waals surface area contributed by atoms with Gasteiger partial charge >= 0.3 is 12.4 Å². The van der Waals surface area contributed by atoms with E-state index in [-0.39, 0.29) is 11.6 Å². The topological polar surface area (TPSA) is 70.6 Å². The van der Waals surface area contributed by atoms with Crippen molar-refractivity contribution in [2.24, 2.45) is 10.9 Å². The van der Waals surface area contributed by atoms with Crippen molar-refractivity contribution in [1.29, 1.82) is 0 Å². The lowest BCUT2D eigenvalue weighted by molar-refractivity contribution is -0.139. The summed E-state index contributed by atoms with van der Waals surface area (Å²) in [5.41, 5.74) is 1.75. The van der Waals surface area contributed by atoms with Crippen molar-refractivity contribution < 1.29 is 35.9 Å². The molecule has 0 aromatic heterocycles. The van der Waals surface area contributed by atoms with Crippen LogP contribution in [0.15, 0.2) is 41.6 Å². The zero-order valence-electron chi connectivity index (χ0n) is 13.3. The molecule has 0 saturated carbocycles. The first kappa shape index (κ1) is 20.3. The Bertz CT molecular complexity index is 860. The maximum atomic E-state index is 13.1.